The molecular formula is C37H37N3O6S. The van der Waals surface area contributed by atoms with E-state index in [9.17, 15) is 19.2 Å². The minimum Gasteiger partial charge on any atom is -0.341 e. The van der Waals surface area contributed by atoms with E-state index in [4.69, 9.17) is 9.68 Å². The van der Waals surface area contributed by atoms with Crippen LogP contribution in [-0.4, -0.2) is 39.0 Å². The second-order valence-electron chi connectivity index (χ2n) is 11.6. The van der Waals surface area contributed by atoms with Gasteiger partial charge in [-0.1, -0.05) is 55.4 Å². The molecule has 2 aromatic heterocycles. The summed E-state index contributed by atoms with van der Waals surface area (Å²) >= 11 is 1.40. The summed E-state index contributed by atoms with van der Waals surface area (Å²) < 4.78 is 2.17. The number of ketones is 1. The number of fused-ring (bicyclic) bond motifs is 3. The van der Waals surface area contributed by atoms with Gasteiger partial charge in [0.05, 0.1) is 10.6 Å². The van der Waals surface area contributed by atoms with E-state index < -0.39 is 23.9 Å². The fourth-order valence-corrected chi connectivity index (χ4v) is 6.44. The van der Waals surface area contributed by atoms with Crippen molar-refractivity contribution in [2.75, 3.05) is 0 Å². The van der Waals surface area contributed by atoms with Crippen LogP contribution >= 0.6 is 11.3 Å². The lowest BCUT2D eigenvalue weighted by Crippen LogP contribution is -2.36. The molecule has 0 saturated heterocycles. The number of aryl methyl sites for hydroxylation is 1. The molecule has 0 fully saturated rings. The maximum absolute atomic E-state index is 13.3. The number of aromatic nitrogens is 1. The molecule has 0 N–H and O–H groups in total. The Morgan fingerprint density at radius 2 is 1.45 bits per heavy atom. The molecule has 9 nitrogen and oxygen atoms in total. The highest BCUT2D eigenvalue weighted by molar-refractivity contribution is 7.12. The zero-order chi connectivity index (χ0) is 33.8. The predicted molar refractivity (Wildman–Crippen MR) is 183 cm³/mol. The van der Waals surface area contributed by atoms with Crippen LogP contribution in [0.3, 0.4) is 0 Å². The van der Waals surface area contributed by atoms with E-state index in [-0.39, 0.29) is 12.2 Å². The Morgan fingerprint density at radius 3 is 1.98 bits per heavy atom. The molecule has 2 heterocycles. The zero-order valence-corrected chi connectivity index (χ0v) is 28.1. The molecule has 0 aliphatic rings. The Balaban J connectivity index is 1.65. The van der Waals surface area contributed by atoms with Gasteiger partial charge in [0.25, 0.3) is 5.91 Å². The minimum atomic E-state index is -0.783. The van der Waals surface area contributed by atoms with Crippen LogP contribution < -0.4 is 0 Å². The number of carbonyl (C=O) groups excluding carboxylic acids is 4. The van der Waals surface area contributed by atoms with Gasteiger partial charge in [-0.05, 0) is 65.7 Å². The number of hydroxylamine groups is 2. The van der Waals surface area contributed by atoms with Gasteiger partial charge in [-0.3, -0.25) is 14.4 Å². The molecule has 10 heteroatoms. The topological polar surface area (TPSA) is 107 Å². The highest BCUT2D eigenvalue weighted by Crippen LogP contribution is 2.34. The molecule has 3 aromatic carbocycles. The summed E-state index contributed by atoms with van der Waals surface area (Å²) in [5.41, 5.74) is 5.34. The zero-order valence-electron chi connectivity index (χ0n) is 27.3. The Morgan fingerprint density at radius 1 is 0.830 bits per heavy atom. The molecule has 0 saturated carbocycles. The lowest BCUT2D eigenvalue weighted by atomic mass is 9.93. The van der Waals surface area contributed by atoms with E-state index in [0.717, 1.165) is 32.4 Å². The molecule has 1 amide bonds. The summed E-state index contributed by atoms with van der Waals surface area (Å²) in [7, 11) is 0. The first kappa shape index (κ1) is 33.3. The van der Waals surface area contributed by atoms with E-state index in [0.29, 0.717) is 39.7 Å². The van der Waals surface area contributed by atoms with E-state index in [2.05, 4.69) is 30.5 Å². The smallest absolute Gasteiger partial charge is 0.331 e. The molecule has 1 unspecified atom stereocenters. The second-order valence-corrected chi connectivity index (χ2v) is 12.6. The monoisotopic (exact) mass is 651 g/mol. The van der Waals surface area contributed by atoms with Crippen molar-refractivity contribution >= 4 is 62.5 Å². The third-order valence-electron chi connectivity index (χ3n) is 8.00. The van der Waals surface area contributed by atoms with Gasteiger partial charge in [-0.25, -0.2) is 4.79 Å². The molecule has 0 aliphatic carbocycles. The molecule has 47 heavy (non-hydrogen) atoms. The number of rotatable bonds is 10. The maximum Gasteiger partial charge on any atom is 0.331 e. The highest BCUT2D eigenvalue weighted by Gasteiger charge is 2.29. The lowest BCUT2D eigenvalue weighted by Gasteiger charge is -2.29. The maximum atomic E-state index is 13.3. The molecule has 0 bridgehead atoms. The SMILES string of the molecule is CCn1c2ccc(C(=O)c3cccs3)cc2c2cc(/C(CC(c3ccc(C(C)C)cc3)N(OC(C)=O)C(C)=O)=N/OC(C)=O)ccc21. The number of amides is 1. The summed E-state index contributed by atoms with van der Waals surface area (Å²) in [5.74, 6) is -1.49. The van der Waals surface area contributed by atoms with Crippen LogP contribution in [-0.2, 0) is 30.6 Å². The summed E-state index contributed by atoms with van der Waals surface area (Å²) in [6.45, 7) is 10.8. The Labute approximate surface area is 277 Å². The lowest BCUT2D eigenvalue weighted by molar-refractivity contribution is -0.204. The molecule has 1 atom stereocenters. The molecular weight excluding hydrogens is 614 g/mol. The fraction of sp³-hybridized carbons (Fsp3) is 0.270. The summed E-state index contributed by atoms with van der Waals surface area (Å²) in [6, 6.07) is 22.2. The quantitative estimate of drug-likeness (QED) is 0.0657. The van der Waals surface area contributed by atoms with E-state index in [1.807, 2.05) is 78.2 Å². The molecule has 0 spiro atoms. The van der Waals surface area contributed by atoms with Crippen LogP contribution in [0.1, 0.15) is 91.8 Å². The van der Waals surface area contributed by atoms with Crippen molar-refractivity contribution in [2.24, 2.45) is 5.16 Å². The third-order valence-corrected chi connectivity index (χ3v) is 8.87. The third kappa shape index (κ3) is 7.18. The van der Waals surface area contributed by atoms with Crippen molar-refractivity contribution in [3.05, 3.63) is 105 Å². The predicted octanol–water partition coefficient (Wildman–Crippen LogP) is 7.96. The number of benzene rings is 3. The largest absolute Gasteiger partial charge is 0.341 e. The number of hydrogen-bond donors (Lipinski definition) is 0. The molecule has 5 rings (SSSR count). The van der Waals surface area contributed by atoms with Crippen molar-refractivity contribution in [1.29, 1.82) is 0 Å². The van der Waals surface area contributed by atoms with Crippen LogP contribution in [0.4, 0.5) is 0 Å². The van der Waals surface area contributed by atoms with E-state index >= 15 is 0 Å². The van der Waals surface area contributed by atoms with Crippen LogP contribution in [0, 0.1) is 0 Å². The van der Waals surface area contributed by atoms with Gasteiger partial charge in [0.15, 0.2) is 0 Å². The van der Waals surface area contributed by atoms with Crippen molar-refractivity contribution in [3.63, 3.8) is 0 Å². The normalized spacial score (nSPS) is 12.4. The number of nitrogens with zero attached hydrogens (tertiary/aromatic N) is 3. The number of thiophene rings is 1. The number of hydrogen-bond acceptors (Lipinski definition) is 8. The first-order valence-electron chi connectivity index (χ1n) is 15.5. The molecule has 242 valence electrons. The van der Waals surface area contributed by atoms with Gasteiger partial charge >= 0.3 is 11.9 Å². The Hall–Kier alpha value is -5.09. The van der Waals surface area contributed by atoms with Crippen molar-refractivity contribution in [1.82, 2.24) is 9.63 Å². The fourth-order valence-electron chi connectivity index (χ4n) is 5.75. The van der Waals surface area contributed by atoms with Gasteiger partial charge in [0.1, 0.15) is 6.04 Å². The molecule has 0 aliphatic heterocycles. The van der Waals surface area contributed by atoms with Crippen LogP contribution in [0.15, 0.2) is 83.3 Å². The van der Waals surface area contributed by atoms with E-state index in [1.54, 1.807) is 0 Å². The first-order valence-corrected chi connectivity index (χ1v) is 16.3. The second kappa shape index (κ2) is 14.1. The van der Waals surface area contributed by atoms with Gasteiger partial charge < -0.3 is 14.2 Å². The van der Waals surface area contributed by atoms with Crippen molar-refractivity contribution in [3.8, 4) is 0 Å². The van der Waals surface area contributed by atoms with Crippen LogP contribution in [0.5, 0.6) is 0 Å². The van der Waals surface area contributed by atoms with Gasteiger partial charge in [0.2, 0.25) is 5.78 Å². The van der Waals surface area contributed by atoms with Crippen molar-refractivity contribution in [2.45, 2.75) is 66.5 Å². The van der Waals surface area contributed by atoms with E-state index in [1.165, 1.54) is 32.1 Å². The minimum absolute atomic E-state index is 0.0475. The number of carbonyl (C=O) groups is 4. The van der Waals surface area contributed by atoms with Gasteiger partial charge in [-0.2, -0.15) is 5.06 Å². The summed E-state index contributed by atoms with van der Waals surface area (Å²) in [5, 5.41) is 8.95. The summed E-state index contributed by atoms with van der Waals surface area (Å²) in [4.78, 5) is 61.5. The Kier molecular flexibility index (Phi) is 10.0. The number of oxime groups is 1. The van der Waals surface area contributed by atoms with Crippen LogP contribution in [0.25, 0.3) is 21.8 Å². The molecule has 0 radical (unpaired) electrons. The molecule has 5 aromatic rings. The average molecular weight is 652 g/mol. The first-order chi connectivity index (χ1) is 22.5. The Bertz CT molecular complexity index is 1990. The van der Waals surface area contributed by atoms with Crippen LogP contribution in [0.2, 0.25) is 0 Å². The van der Waals surface area contributed by atoms with Gasteiger partial charge in [0, 0.05) is 66.7 Å². The van der Waals surface area contributed by atoms with Crippen molar-refractivity contribution < 1.29 is 28.9 Å². The average Bonchev–Trinajstić information content (AvgIpc) is 3.69. The summed E-state index contributed by atoms with van der Waals surface area (Å²) in [6.07, 6.45) is 0.0568. The van der Waals surface area contributed by atoms with Gasteiger partial charge in [-0.15, -0.1) is 11.3 Å². The standard InChI is InChI=1S/C37H37N3O6S/c1-7-39-33-16-14-28(19-30(33)31-20-29(15-17-34(31)39)37(44)36-9-8-18-47-36)32(38-45-24(5)42)21-35(40(23(4)41)46-25(6)43)27-12-10-26(11-13-27)22(2)3/h8-20,22,35H,7,21H2,1-6H3/b38-32+. The highest BCUT2D eigenvalue weighted by atomic mass is 32.1.